The topological polar surface area (TPSA) is 30.3 Å². The molecule has 1 fully saturated rings. The molecule has 0 aromatic heterocycles. The van der Waals surface area contributed by atoms with Crippen LogP contribution in [0.3, 0.4) is 0 Å². The van der Waals surface area contributed by atoms with E-state index in [0.717, 1.165) is 25.2 Å². The van der Waals surface area contributed by atoms with E-state index in [4.69, 9.17) is 5.41 Å². The highest BCUT2D eigenvalue weighted by molar-refractivity contribution is 5.76. The Morgan fingerprint density at radius 2 is 1.84 bits per heavy atom. The maximum atomic E-state index is 13.1. The number of halogens is 1. The van der Waals surface area contributed by atoms with E-state index in [9.17, 15) is 4.39 Å². The number of likely N-dealkylation sites (tertiary alicyclic amines) is 1. The van der Waals surface area contributed by atoms with Crippen LogP contribution >= 0.6 is 0 Å². The largest absolute Gasteiger partial charge is 0.333 e. The number of benzene rings is 2. The van der Waals surface area contributed by atoms with Gasteiger partial charge in [0.05, 0.1) is 6.34 Å². The first-order chi connectivity index (χ1) is 12.2. The molecule has 1 aliphatic rings. The fourth-order valence-corrected chi connectivity index (χ4v) is 3.70. The van der Waals surface area contributed by atoms with E-state index in [2.05, 4.69) is 42.2 Å². The van der Waals surface area contributed by atoms with Crippen molar-refractivity contribution in [2.24, 2.45) is 0 Å². The number of hydrogen-bond acceptors (Lipinski definition) is 2. The molecule has 25 heavy (non-hydrogen) atoms. The Balaban J connectivity index is 1.62. The lowest BCUT2D eigenvalue weighted by Crippen LogP contribution is -2.36. The summed E-state index contributed by atoms with van der Waals surface area (Å²) in [7, 11) is 0. The van der Waals surface area contributed by atoms with Crippen LogP contribution in [0.4, 0.5) is 10.1 Å². The lowest BCUT2D eigenvalue weighted by Gasteiger charge is -2.30. The maximum absolute atomic E-state index is 13.1. The van der Waals surface area contributed by atoms with E-state index in [1.807, 2.05) is 4.90 Å². The predicted octanol–water partition coefficient (Wildman–Crippen LogP) is 4.68. The van der Waals surface area contributed by atoms with E-state index in [1.165, 1.54) is 36.9 Å². The van der Waals surface area contributed by atoms with Crippen molar-refractivity contribution in [1.82, 2.24) is 4.90 Å². The molecule has 2 atom stereocenters. The number of rotatable bonds is 7. The third-order valence-corrected chi connectivity index (χ3v) is 5.18. The monoisotopic (exact) mass is 339 g/mol. The first kappa shape index (κ1) is 17.6. The van der Waals surface area contributed by atoms with Crippen molar-refractivity contribution >= 4 is 12.0 Å². The summed E-state index contributed by atoms with van der Waals surface area (Å²) in [6, 6.07) is 18.1. The van der Waals surface area contributed by atoms with Crippen LogP contribution in [0.1, 0.15) is 31.7 Å². The second-order valence-corrected chi connectivity index (χ2v) is 6.83. The van der Waals surface area contributed by atoms with Crippen molar-refractivity contribution in [3.63, 3.8) is 0 Å². The van der Waals surface area contributed by atoms with Crippen LogP contribution < -0.4 is 4.90 Å². The summed E-state index contributed by atoms with van der Waals surface area (Å²) in [5.74, 6) is -0.243. The fraction of sp³-hybridized carbons (Fsp3) is 0.381. The molecule has 2 aromatic carbocycles. The predicted molar refractivity (Wildman–Crippen MR) is 102 cm³/mol. The van der Waals surface area contributed by atoms with Crippen molar-refractivity contribution < 1.29 is 4.39 Å². The molecule has 0 radical (unpaired) electrons. The molecule has 4 heteroatoms. The van der Waals surface area contributed by atoms with Crippen LogP contribution in [0.2, 0.25) is 0 Å². The van der Waals surface area contributed by atoms with Gasteiger partial charge in [-0.3, -0.25) is 10.3 Å². The van der Waals surface area contributed by atoms with Gasteiger partial charge in [-0.25, -0.2) is 4.39 Å². The van der Waals surface area contributed by atoms with Crippen LogP contribution in [0.15, 0.2) is 54.6 Å². The zero-order valence-electron chi connectivity index (χ0n) is 14.7. The Hall–Kier alpha value is -2.20. The van der Waals surface area contributed by atoms with Crippen molar-refractivity contribution in [2.75, 3.05) is 11.4 Å². The van der Waals surface area contributed by atoms with Gasteiger partial charge >= 0.3 is 0 Å². The van der Waals surface area contributed by atoms with Crippen molar-refractivity contribution in [3.8, 4) is 0 Å². The minimum atomic E-state index is -0.243. The third-order valence-electron chi connectivity index (χ3n) is 5.18. The van der Waals surface area contributed by atoms with Gasteiger partial charge in [0.1, 0.15) is 5.82 Å². The van der Waals surface area contributed by atoms with E-state index in [1.54, 1.807) is 12.1 Å². The summed E-state index contributed by atoms with van der Waals surface area (Å²) in [5, 5.41) is 7.69. The number of nitrogens with zero attached hydrogens (tertiary/aromatic N) is 2. The molecule has 2 unspecified atom stereocenters. The van der Waals surface area contributed by atoms with Gasteiger partial charge in [-0.15, -0.1) is 0 Å². The van der Waals surface area contributed by atoms with Gasteiger partial charge in [0.25, 0.3) is 0 Å². The van der Waals surface area contributed by atoms with E-state index < -0.39 is 0 Å². The molecule has 0 saturated carbocycles. The Morgan fingerprint density at radius 1 is 1.12 bits per heavy atom. The second-order valence-electron chi connectivity index (χ2n) is 6.83. The molecule has 0 spiro atoms. The highest BCUT2D eigenvalue weighted by atomic mass is 19.1. The van der Waals surface area contributed by atoms with E-state index >= 15 is 0 Å². The summed E-state index contributed by atoms with van der Waals surface area (Å²) in [5.41, 5.74) is 2.22. The standard InChI is InChI=1S/C21H26FN3/c1-17-7-10-21(25(17)15-18-5-3-2-4-6-18)13-14-24(16-23)20-11-8-19(22)9-12-20/h2-6,8-9,11-12,16-17,21,23H,7,10,13-15H2,1H3. The lowest BCUT2D eigenvalue weighted by molar-refractivity contribution is 0.187. The normalized spacial score (nSPS) is 20.6. The molecule has 0 amide bonds. The molecule has 132 valence electrons. The summed E-state index contributed by atoms with van der Waals surface area (Å²) >= 11 is 0. The summed E-state index contributed by atoms with van der Waals surface area (Å²) in [4.78, 5) is 4.48. The first-order valence-electron chi connectivity index (χ1n) is 9.00. The fourth-order valence-electron chi connectivity index (χ4n) is 3.70. The van der Waals surface area contributed by atoms with Gasteiger partial charge in [0, 0.05) is 30.9 Å². The van der Waals surface area contributed by atoms with Crippen molar-refractivity contribution in [3.05, 3.63) is 66.0 Å². The average molecular weight is 339 g/mol. The second kappa shape index (κ2) is 8.26. The Kier molecular flexibility index (Phi) is 5.82. The van der Waals surface area contributed by atoms with Crippen LogP contribution in [-0.2, 0) is 6.54 Å². The van der Waals surface area contributed by atoms with Crippen LogP contribution in [0, 0.1) is 11.2 Å². The Labute approximate surface area is 149 Å². The van der Waals surface area contributed by atoms with Gasteiger partial charge < -0.3 is 4.90 Å². The molecule has 1 heterocycles. The Bertz CT molecular complexity index is 671. The zero-order chi connectivity index (χ0) is 17.6. The summed E-state index contributed by atoms with van der Waals surface area (Å²) in [6.07, 6.45) is 4.76. The van der Waals surface area contributed by atoms with Gasteiger partial charge in [0.15, 0.2) is 0 Å². The Morgan fingerprint density at radius 3 is 2.52 bits per heavy atom. The molecule has 2 aromatic rings. The number of hydrogen-bond donors (Lipinski definition) is 1. The quantitative estimate of drug-likeness (QED) is 0.586. The van der Waals surface area contributed by atoms with Crippen molar-refractivity contribution in [1.29, 1.82) is 5.41 Å². The molecule has 1 saturated heterocycles. The maximum Gasteiger partial charge on any atom is 0.123 e. The zero-order valence-corrected chi connectivity index (χ0v) is 14.7. The average Bonchev–Trinajstić information content (AvgIpc) is 2.98. The van der Waals surface area contributed by atoms with Crippen LogP contribution in [-0.4, -0.2) is 29.9 Å². The number of anilines is 1. The van der Waals surface area contributed by atoms with Gasteiger partial charge in [0.2, 0.25) is 0 Å². The lowest BCUT2D eigenvalue weighted by atomic mass is 10.1. The van der Waals surface area contributed by atoms with Crippen LogP contribution in [0.5, 0.6) is 0 Å². The van der Waals surface area contributed by atoms with Crippen molar-refractivity contribution in [2.45, 2.75) is 44.8 Å². The number of nitrogens with one attached hydrogen (secondary N) is 1. The molecule has 0 bridgehead atoms. The summed E-state index contributed by atoms with van der Waals surface area (Å²) in [6.45, 7) is 4.06. The third kappa shape index (κ3) is 4.45. The molecular weight excluding hydrogens is 313 g/mol. The molecule has 1 N–H and O–H groups in total. The van der Waals surface area contributed by atoms with E-state index in [-0.39, 0.29) is 5.82 Å². The minimum absolute atomic E-state index is 0.243. The van der Waals surface area contributed by atoms with E-state index in [0.29, 0.717) is 12.1 Å². The van der Waals surface area contributed by atoms with Gasteiger partial charge in [-0.05, 0) is 56.0 Å². The molecule has 0 aliphatic carbocycles. The smallest absolute Gasteiger partial charge is 0.123 e. The van der Waals surface area contributed by atoms with Crippen LogP contribution in [0.25, 0.3) is 0 Å². The summed E-state index contributed by atoms with van der Waals surface area (Å²) < 4.78 is 13.1. The molecule has 3 rings (SSSR count). The molecule has 3 nitrogen and oxygen atoms in total. The highest BCUT2D eigenvalue weighted by Gasteiger charge is 2.30. The molecular formula is C21H26FN3. The first-order valence-corrected chi connectivity index (χ1v) is 9.00. The van der Waals surface area contributed by atoms with Gasteiger partial charge in [-0.1, -0.05) is 30.3 Å². The SMILES string of the molecule is CC1CCC(CCN(C=N)c2ccc(F)cc2)N1Cc1ccccc1. The van der Waals surface area contributed by atoms with Gasteiger partial charge in [-0.2, -0.15) is 0 Å². The molecule has 1 aliphatic heterocycles. The highest BCUT2D eigenvalue weighted by Crippen LogP contribution is 2.28. The minimum Gasteiger partial charge on any atom is -0.333 e.